The molecule has 250 valence electrons. The van der Waals surface area contributed by atoms with Crippen molar-refractivity contribution in [2.45, 2.75) is 81.3 Å². The Hall–Kier alpha value is -3.80. The second-order valence-corrected chi connectivity index (χ2v) is 13.0. The van der Waals surface area contributed by atoms with E-state index in [1.54, 1.807) is 12.1 Å². The lowest BCUT2D eigenvalue weighted by Crippen LogP contribution is -2.48. The van der Waals surface area contributed by atoms with E-state index in [9.17, 15) is 18.8 Å². The molecule has 1 aromatic heterocycles. The average molecular weight is 640 g/mol. The van der Waals surface area contributed by atoms with Crippen LogP contribution in [0.4, 0.5) is 4.39 Å². The molecule has 1 aliphatic carbocycles. The van der Waals surface area contributed by atoms with Crippen LogP contribution in [0.5, 0.6) is 0 Å². The van der Waals surface area contributed by atoms with Crippen LogP contribution in [0.25, 0.3) is 10.9 Å². The number of H-pyrrole nitrogens is 1. The first-order chi connectivity index (χ1) is 21.8. The summed E-state index contributed by atoms with van der Waals surface area (Å²) in [5.74, 6) is -4.62. The minimum Gasteiger partial charge on any atom is -0.481 e. The summed E-state index contributed by atoms with van der Waals surface area (Å²) >= 11 is 0. The number of hydrogen-bond donors (Lipinski definition) is 5. The van der Waals surface area contributed by atoms with Gasteiger partial charge in [-0.2, -0.15) is 0 Å². The minimum absolute atomic E-state index is 0.131. The molecule has 0 atom stereocenters. The van der Waals surface area contributed by atoms with Crippen LogP contribution in [0.1, 0.15) is 74.1 Å². The molecule has 2 aliphatic rings. The number of aliphatic hydroxyl groups is 1. The number of halogens is 1. The van der Waals surface area contributed by atoms with E-state index < -0.39 is 36.4 Å². The normalized spacial score (nSPS) is 20.4. The van der Waals surface area contributed by atoms with Crippen molar-refractivity contribution in [1.29, 1.82) is 0 Å². The Kier molecular flexibility index (Phi) is 11.6. The maximum atomic E-state index is 14.2. The molecule has 0 amide bonds. The molecule has 2 aromatic carbocycles. The standard InChI is InChI=1S/C29H38FN3.C6H8O7/c1-32(2)29(21-22-8-4-3-5-9-22)15-12-23(13-16-29)28-25(14-19-33-17-6-7-18-33)26-20-24(30)10-11-27(26)31-28;7-3(8)1-6(13,5(11)12)2-4(9)10/h3-5,8-11,20,23,31H,6-7,12-19,21H2,1-2H3;13H,1-2H2,(H,7,8)(H,9,10)(H,11,12). The fourth-order valence-corrected chi connectivity index (χ4v) is 7.05. The Morgan fingerprint density at radius 1 is 0.978 bits per heavy atom. The Balaban J connectivity index is 0.000000315. The Morgan fingerprint density at radius 2 is 1.59 bits per heavy atom. The fraction of sp³-hybridized carbons (Fsp3) is 0.514. The van der Waals surface area contributed by atoms with Gasteiger partial charge in [-0.3, -0.25) is 9.59 Å². The molecule has 46 heavy (non-hydrogen) atoms. The van der Waals surface area contributed by atoms with Crippen LogP contribution in [0.3, 0.4) is 0 Å². The highest BCUT2D eigenvalue weighted by molar-refractivity contribution is 5.88. The summed E-state index contributed by atoms with van der Waals surface area (Å²) in [7, 11) is 4.49. The third-order valence-corrected chi connectivity index (χ3v) is 9.71. The van der Waals surface area contributed by atoms with Crippen LogP contribution >= 0.6 is 0 Å². The van der Waals surface area contributed by atoms with Crippen molar-refractivity contribution in [3.05, 3.63) is 71.2 Å². The zero-order chi connectivity index (χ0) is 33.5. The largest absolute Gasteiger partial charge is 0.481 e. The van der Waals surface area contributed by atoms with Gasteiger partial charge in [0.25, 0.3) is 0 Å². The van der Waals surface area contributed by atoms with Gasteiger partial charge in [-0.05, 0) is 114 Å². The summed E-state index contributed by atoms with van der Waals surface area (Å²) in [6.45, 7) is 3.50. The quantitative estimate of drug-likeness (QED) is 0.186. The summed E-state index contributed by atoms with van der Waals surface area (Å²) in [5, 5.41) is 34.9. The number of fused-ring (bicyclic) bond motifs is 1. The number of rotatable bonds is 12. The van der Waals surface area contributed by atoms with Gasteiger partial charge in [-0.1, -0.05) is 30.3 Å². The molecule has 11 heteroatoms. The highest BCUT2D eigenvalue weighted by Gasteiger charge is 2.41. The van der Waals surface area contributed by atoms with Gasteiger partial charge in [0.05, 0.1) is 12.8 Å². The van der Waals surface area contributed by atoms with Crippen molar-refractivity contribution < 1.29 is 39.2 Å². The van der Waals surface area contributed by atoms with Crippen molar-refractivity contribution in [3.8, 4) is 0 Å². The first-order valence-corrected chi connectivity index (χ1v) is 15.9. The predicted octanol–water partition coefficient (Wildman–Crippen LogP) is 4.90. The maximum absolute atomic E-state index is 14.2. The number of carboxylic acid groups (broad SMARTS) is 3. The van der Waals surface area contributed by atoms with Crippen molar-refractivity contribution in [2.75, 3.05) is 33.7 Å². The number of carbonyl (C=O) groups is 3. The molecule has 1 saturated heterocycles. The highest BCUT2D eigenvalue weighted by Crippen LogP contribution is 2.44. The van der Waals surface area contributed by atoms with E-state index in [2.05, 4.69) is 59.2 Å². The average Bonchev–Trinajstić information content (AvgIpc) is 3.64. The van der Waals surface area contributed by atoms with E-state index in [1.807, 2.05) is 6.07 Å². The first-order valence-electron chi connectivity index (χ1n) is 15.9. The molecule has 0 unspecified atom stereocenters. The fourth-order valence-electron chi connectivity index (χ4n) is 7.05. The van der Waals surface area contributed by atoms with Crippen LogP contribution < -0.4 is 0 Å². The third kappa shape index (κ3) is 8.71. The molecule has 5 N–H and O–H groups in total. The molecular formula is C35H46FN3O7. The van der Waals surface area contributed by atoms with Gasteiger partial charge in [0.15, 0.2) is 5.60 Å². The van der Waals surface area contributed by atoms with E-state index in [-0.39, 0.29) is 11.4 Å². The highest BCUT2D eigenvalue weighted by atomic mass is 19.1. The Labute approximate surface area is 268 Å². The summed E-state index contributed by atoms with van der Waals surface area (Å²) < 4.78 is 14.2. The third-order valence-electron chi connectivity index (χ3n) is 9.71. The van der Waals surface area contributed by atoms with Gasteiger partial charge < -0.3 is 35.2 Å². The zero-order valence-electron chi connectivity index (χ0n) is 26.7. The van der Waals surface area contributed by atoms with Crippen LogP contribution in [0.15, 0.2) is 48.5 Å². The molecule has 0 spiro atoms. The van der Waals surface area contributed by atoms with Gasteiger partial charge in [0, 0.05) is 28.7 Å². The van der Waals surface area contributed by atoms with Crippen molar-refractivity contribution >= 4 is 28.8 Å². The van der Waals surface area contributed by atoms with Gasteiger partial charge in [0.1, 0.15) is 5.82 Å². The molecule has 3 aromatic rings. The van der Waals surface area contributed by atoms with E-state index in [0.29, 0.717) is 5.92 Å². The second kappa shape index (κ2) is 15.2. The van der Waals surface area contributed by atoms with Gasteiger partial charge in [-0.15, -0.1) is 0 Å². The molecule has 5 rings (SSSR count). The van der Waals surface area contributed by atoms with Crippen LogP contribution in [0, 0.1) is 5.82 Å². The number of nitrogens with one attached hydrogen (secondary N) is 1. The summed E-state index contributed by atoms with van der Waals surface area (Å²) in [6.07, 6.45) is 7.19. The molecule has 10 nitrogen and oxygen atoms in total. The number of carboxylic acids is 3. The molecule has 2 fully saturated rings. The number of likely N-dealkylation sites (N-methyl/N-ethyl adjacent to an activating group) is 1. The maximum Gasteiger partial charge on any atom is 0.336 e. The lowest BCUT2D eigenvalue weighted by Gasteiger charge is -2.45. The molecule has 1 aliphatic heterocycles. The lowest BCUT2D eigenvalue weighted by atomic mass is 9.71. The first kappa shape index (κ1) is 35.1. The lowest BCUT2D eigenvalue weighted by molar-refractivity contribution is -0.170. The van der Waals surface area contributed by atoms with Crippen molar-refractivity contribution in [2.24, 2.45) is 0 Å². The summed E-state index contributed by atoms with van der Waals surface area (Å²) in [4.78, 5) is 39.3. The Morgan fingerprint density at radius 3 is 2.13 bits per heavy atom. The van der Waals surface area contributed by atoms with Crippen LogP contribution in [-0.4, -0.2) is 98.0 Å². The number of aromatic amines is 1. The van der Waals surface area contributed by atoms with Crippen LogP contribution in [0.2, 0.25) is 0 Å². The second-order valence-electron chi connectivity index (χ2n) is 13.0. The van der Waals surface area contributed by atoms with E-state index in [0.717, 1.165) is 30.3 Å². The molecular weight excluding hydrogens is 593 g/mol. The monoisotopic (exact) mass is 639 g/mol. The predicted molar refractivity (Wildman–Crippen MR) is 172 cm³/mol. The number of likely N-dealkylation sites (tertiary alicyclic amines) is 1. The smallest absolute Gasteiger partial charge is 0.336 e. The van der Waals surface area contributed by atoms with E-state index in [4.69, 9.17) is 20.4 Å². The van der Waals surface area contributed by atoms with Crippen LogP contribution in [-0.2, 0) is 27.2 Å². The van der Waals surface area contributed by atoms with Crippen molar-refractivity contribution in [1.82, 2.24) is 14.8 Å². The topological polar surface area (TPSA) is 154 Å². The summed E-state index contributed by atoms with van der Waals surface area (Å²) in [6, 6.07) is 16.2. The minimum atomic E-state index is -2.74. The molecule has 0 radical (unpaired) electrons. The number of benzene rings is 2. The number of aromatic nitrogens is 1. The molecule has 1 saturated carbocycles. The molecule has 2 heterocycles. The van der Waals surface area contributed by atoms with E-state index >= 15 is 0 Å². The summed E-state index contributed by atoms with van der Waals surface area (Å²) in [5.41, 5.74) is 2.74. The number of nitrogens with zero attached hydrogens (tertiary/aromatic N) is 2. The van der Waals surface area contributed by atoms with E-state index in [1.165, 1.54) is 68.4 Å². The SMILES string of the molecule is CN(C)C1(Cc2ccccc2)CCC(c2[nH]c3ccc(F)cc3c2CCN2CCCC2)CC1.O=C(O)CC(O)(CC(=O)O)C(=O)O. The van der Waals surface area contributed by atoms with Gasteiger partial charge in [0.2, 0.25) is 0 Å². The molecule has 0 bridgehead atoms. The van der Waals surface area contributed by atoms with Gasteiger partial charge >= 0.3 is 17.9 Å². The van der Waals surface area contributed by atoms with Gasteiger partial charge in [-0.25, -0.2) is 9.18 Å². The van der Waals surface area contributed by atoms with Crippen molar-refractivity contribution in [3.63, 3.8) is 0 Å². The number of aliphatic carboxylic acids is 3. The zero-order valence-corrected chi connectivity index (χ0v) is 26.7. The number of hydrogen-bond acceptors (Lipinski definition) is 6. The Bertz CT molecular complexity index is 1480.